The number of rotatable bonds is 3. The number of aliphatic imine (C=N–C) groups is 1. The number of halogens is 4. The Labute approximate surface area is 130 Å². The van der Waals surface area contributed by atoms with Crippen LogP contribution in [0.5, 0.6) is 0 Å². The van der Waals surface area contributed by atoms with E-state index in [1.165, 1.54) is 42.5 Å². The summed E-state index contributed by atoms with van der Waals surface area (Å²) < 4.78 is 39.4. The molecule has 0 aliphatic heterocycles. The fourth-order valence-electron chi connectivity index (χ4n) is 1.85. The van der Waals surface area contributed by atoms with E-state index in [1.54, 1.807) is 6.07 Å². The molecule has 0 fully saturated rings. The highest BCUT2D eigenvalue weighted by Gasteiger charge is 2.36. The standard InChI is InChI=1S/C16H10ClF3N2/c17-14-8-11(9-21)6-7-13(14)10-22-15(16(18,19)20)12-4-2-1-3-5-12/h1-8H,10H2. The van der Waals surface area contributed by atoms with Gasteiger partial charge in [-0.15, -0.1) is 0 Å². The van der Waals surface area contributed by atoms with Crippen LogP contribution >= 0.6 is 11.6 Å². The molecule has 0 aliphatic carbocycles. The van der Waals surface area contributed by atoms with E-state index in [-0.39, 0.29) is 17.1 Å². The van der Waals surface area contributed by atoms with Crippen LogP contribution in [0.2, 0.25) is 5.02 Å². The zero-order valence-corrected chi connectivity index (χ0v) is 12.0. The molecule has 0 heterocycles. The second kappa shape index (κ2) is 6.63. The molecule has 0 aliphatic rings. The van der Waals surface area contributed by atoms with Crippen LogP contribution in [0.25, 0.3) is 0 Å². The SMILES string of the molecule is N#Cc1ccc(CN=C(c2ccccc2)C(F)(F)F)c(Cl)c1. The van der Waals surface area contributed by atoms with Crippen molar-refractivity contribution < 1.29 is 13.2 Å². The Morgan fingerprint density at radius 1 is 1.14 bits per heavy atom. The Hall–Kier alpha value is -2.32. The smallest absolute Gasteiger partial charge is 0.275 e. The summed E-state index contributed by atoms with van der Waals surface area (Å²) >= 11 is 5.95. The number of benzene rings is 2. The topological polar surface area (TPSA) is 36.1 Å². The van der Waals surface area contributed by atoms with Gasteiger partial charge in [-0.1, -0.05) is 48.0 Å². The molecule has 2 rings (SSSR count). The average Bonchev–Trinajstić information content (AvgIpc) is 2.48. The Kier molecular flexibility index (Phi) is 4.84. The van der Waals surface area contributed by atoms with Gasteiger partial charge in [-0.05, 0) is 17.7 Å². The normalized spacial score (nSPS) is 12.0. The molecule has 0 saturated carbocycles. The predicted molar refractivity (Wildman–Crippen MR) is 78.9 cm³/mol. The summed E-state index contributed by atoms with van der Waals surface area (Å²) in [5.74, 6) is 0. The number of nitrogens with zero attached hydrogens (tertiary/aromatic N) is 2. The minimum Gasteiger partial charge on any atom is -0.275 e. The lowest BCUT2D eigenvalue weighted by Gasteiger charge is -2.11. The van der Waals surface area contributed by atoms with E-state index < -0.39 is 11.9 Å². The molecule has 0 radical (unpaired) electrons. The minimum absolute atomic E-state index is 0.000215. The van der Waals surface area contributed by atoms with Gasteiger partial charge in [-0.2, -0.15) is 18.4 Å². The monoisotopic (exact) mass is 322 g/mol. The van der Waals surface area contributed by atoms with Crippen LogP contribution in [0.1, 0.15) is 16.7 Å². The third-order valence-electron chi connectivity index (χ3n) is 2.91. The van der Waals surface area contributed by atoms with Gasteiger partial charge in [0.05, 0.1) is 18.2 Å². The van der Waals surface area contributed by atoms with E-state index in [1.807, 2.05) is 6.07 Å². The van der Waals surface area contributed by atoms with E-state index in [4.69, 9.17) is 16.9 Å². The summed E-state index contributed by atoms with van der Waals surface area (Å²) in [6.45, 7) is -0.214. The van der Waals surface area contributed by atoms with Crippen LogP contribution < -0.4 is 0 Å². The van der Waals surface area contributed by atoms with Crippen molar-refractivity contribution in [2.75, 3.05) is 0 Å². The number of hydrogen-bond donors (Lipinski definition) is 0. The molecule has 0 unspecified atom stereocenters. The number of nitriles is 1. The quantitative estimate of drug-likeness (QED) is 0.750. The maximum absolute atomic E-state index is 13.1. The molecule has 0 saturated heterocycles. The third-order valence-corrected chi connectivity index (χ3v) is 3.26. The maximum Gasteiger partial charge on any atom is 0.433 e. The van der Waals surface area contributed by atoms with E-state index >= 15 is 0 Å². The first-order chi connectivity index (χ1) is 10.4. The zero-order chi connectivity index (χ0) is 16.2. The van der Waals surface area contributed by atoms with Crippen LogP contribution in [0, 0.1) is 11.3 Å². The second-order valence-corrected chi connectivity index (χ2v) is 4.85. The van der Waals surface area contributed by atoms with Crippen molar-refractivity contribution in [2.45, 2.75) is 12.7 Å². The Bertz CT molecular complexity index is 731. The van der Waals surface area contributed by atoms with Crippen LogP contribution in [0.3, 0.4) is 0 Å². The lowest BCUT2D eigenvalue weighted by atomic mass is 10.1. The Balaban J connectivity index is 2.34. The van der Waals surface area contributed by atoms with Gasteiger partial charge in [0, 0.05) is 10.6 Å². The summed E-state index contributed by atoms with van der Waals surface area (Å²) in [6.07, 6.45) is -4.56. The second-order valence-electron chi connectivity index (χ2n) is 4.45. The number of alkyl halides is 3. The van der Waals surface area contributed by atoms with Crippen LogP contribution in [0.4, 0.5) is 13.2 Å². The van der Waals surface area contributed by atoms with Gasteiger partial charge in [-0.3, -0.25) is 4.99 Å². The first-order valence-corrected chi connectivity index (χ1v) is 6.65. The van der Waals surface area contributed by atoms with E-state index in [2.05, 4.69) is 4.99 Å². The van der Waals surface area contributed by atoms with Crippen molar-refractivity contribution in [3.63, 3.8) is 0 Å². The summed E-state index contributed by atoms with van der Waals surface area (Å²) in [5, 5.41) is 8.96. The van der Waals surface area contributed by atoms with Gasteiger partial charge in [0.2, 0.25) is 0 Å². The molecule has 6 heteroatoms. The summed E-state index contributed by atoms with van der Waals surface area (Å²) in [7, 11) is 0. The zero-order valence-electron chi connectivity index (χ0n) is 11.2. The van der Waals surface area contributed by atoms with Crippen molar-refractivity contribution in [1.29, 1.82) is 5.26 Å². The molecule has 2 nitrogen and oxygen atoms in total. The summed E-state index contributed by atoms with van der Waals surface area (Å²) in [6, 6.07) is 13.7. The molecular weight excluding hydrogens is 313 g/mol. The van der Waals surface area contributed by atoms with Gasteiger partial charge in [-0.25, -0.2) is 0 Å². The van der Waals surface area contributed by atoms with Crippen LogP contribution in [-0.2, 0) is 6.54 Å². The highest BCUT2D eigenvalue weighted by molar-refractivity contribution is 6.31. The molecule has 22 heavy (non-hydrogen) atoms. The Morgan fingerprint density at radius 2 is 1.82 bits per heavy atom. The molecule has 112 valence electrons. The van der Waals surface area contributed by atoms with Crippen molar-refractivity contribution >= 4 is 17.3 Å². The molecule has 2 aromatic carbocycles. The van der Waals surface area contributed by atoms with Crippen molar-refractivity contribution in [2.24, 2.45) is 4.99 Å². The van der Waals surface area contributed by atoms with Gasteiger partial charge in [0.25, 0.3) is 0 Å². The van der Waals surface area contributed by atoms with Gasteiger partial charge < -0.3 is 0 Å². The van der Waals surface area contributed by atoms with E-state index in [0.29, 0.717) is 11.1 Å². The van der Waals surface area contributed by atoms with E-state index in [9.17, 15) is 13.2 Å². The molecule has 0 bridgehead atoms. The molecule has 2 aromatic rings. The lowest BCUT2D eigenvalue weighted by molar-refractivity contribution is -0.0582. The molecule has 0 aromatic heterocycles. The van der Waals surface area contributed by atoms with Crippen LogP contribution in [0.15, 0.2) is 53.5 Å². The first-order valence-electron chi connectivity index (χ1n) is 6.27. The third kappa shape index (κ3) is 3.86. The number of hydrogen-bond acceptors (Lipinski definition) is 2. The molecule has 0 N–H and O–H groups in total. The predicted octanol–water partition coefficient (Wildman–Crippen LogP) is 4.76. The largest absolute Gasteiger partial charge is 0.433 e. The van der Waals surface area contributed by atoms with Gasteiger partial charge in [0.15, 0.2) is 0 Å². The van der Waals surface area contributed by atoms with Crippen molar-refractivity contribution in [1.82, 2.24) is 0 Å². The highest BCUT2D eigenvalue weighted by atomic mass is 35.5. The van der Waals surface area contributed by atoms with Crippen molar-refractivity contribution in [3.8, 4) is 6.07 Å². The molecule has 0 spiro atoms. The maximum atomic E-state index is 13.1. The van der Waals surface area contributed by atoms with Crippen LogP contribution in [-0.4, -0.2) is 11.9 Å². The average molecular weight is 323 g/mol. The Morgan fingerprint density at radius 3 is 2.36 bits per heavy atom. The first kappa shape index (κ1) is 16.1. The lowest BCUT2D eigenvalue weighted by Crippen LogP contribution is -2.24. The molecular formula is C16H10ClF3N2. The minimum atomic E-state index is -4.56. The molecule has 0 atom stereocenters. The van der Waals surface area contributed by atoms with E-state index in [0.717, 1.165) is 0 Å². The highest BCUT2D eigenvalue weighted by Crippen LogP contribution is 2.24. The fourth-order valence-corrected chi connectivity index (χ4v) is 2.09. The van der Waals surface area contributed by atoms with Gasteiger partial charge in [0.1, 0.15) is 5.71 Å². The van der Waals surface area contributed by atoms with Gasteiger partial charge >= 0.3 is 6.18 Å². The molecule has 0 amide bonds. The summed E-state index contributed by atoms with van der Waals surface area (Å²) in [5.41, 5.74) is -0.177. The fraction of sp³-hybridized carbons (Fsp3) is 0.125. The summed E-state index contributed by atoms with van der Waals surface area (Å²) in [4.78, 5) is 3.68. The van der Waals surface area contributed by atoms with Crippen molar-refractivity contribution in [3.05, 3.63) is 70.2 Å².